The summed E-state index contributed by atoms with van der Waals surface area (Å²) in [5.41, 5.74) is 5.55. The SMILES string of the molecule is Cc1c(C)c(O)n(Nc2cc(CNC3CCN(C(=O)OC(C)(C)C)CC3)c3ccc(Br)cc3n2)c1O. The second-order valence-electron chi connectivity index (χ2n) is 10.3. The molecule has 1 aromatic carbocycles. The van der Waals surface area contributed by atoms with Crippen molar-refractivity contribution in [1.82, 2.24) is 19.9 Å². The highest BCUT2D eigenvalue weighted by atomic mass is 79.9. The molecule has 0 saturated carbocycles. The second kappa shape index (κ2) is 10.2. The van der Waals surface area contributed by atoms with Gasteiger partial charge in [-0.3, -0.25) is 5.43 Å². The van der Waals surface area contributed by atoms with Gasteiger partial charge in [-0.05, 0) is 71.2 Å². The van der Waals surface area contributed by atoms with Crippen LogP contribution in [0.15, 0.2) is 28.7 Å². The molecular weight excluding hydrogens is 526 g/mol. The molecule has 1 amide bonds. The number of carbonyl (C=O) groups excluding carboxylic acids is 1. The van der Waals surface area contributed by atoms with Crippen LogP contribution in [0.5, 0.6) is 11.8 Å². The second-order valence-corrected chi connectivity index (χ2v) is 11.2. The Kier molecular flexibility index (Phi) is 7.38. The number of aromatic nitrogens is 2. The van der Waals surface area contributed by atoms with Gasteiger partial charge in [-0.1, -0.05) is 22.0 Å². The van der Waals surface area contributed by atoms with Crippen LogP contribution in [-0.4, -0.2) is 55.6 Å². The molecule has 1 aliphatic heterocycles. The molecule has 10 heteroatoms. The van der Waals surface area contributed by atoms with E-state index in [4.69, 9.17) is 9.72 Å². The van der Waals surface area contributed by atoms with E-state index in [1.807, 2.05) is 45.0 Å². The van der Waals surface area contributed by atoms with Crippen LogP contribution in [0, 0.1) is 13.8 Å². The van der Waals surface area contributed by atoms with Gasteiger partial charge in [0.05, 0.1) is 5.52 Å². The van der Waals surface area contributed by atoms with Crippen molar-refractivity contribution in [3.8, 4) is 11.8 Å². The van der Waals surface area contributed by atoms with E-state index in [2.05, 4.69) is 26.7 Å². The molecule has 1 saturated heterocycles. The summed E-state index contributed by atoms with van der Waals surface area (Å²) in [6.07, 6.45) is 1.41. The molecule has 0 spiro atoms. The Morgan fingerprint density at radius 1 is 1.14 bits per heavy atom. The van der Waals surface area contributed by atoms with Gasteiger partial charge in [-0.25, -0.2) is 9.78 Å². The number of pyridine rings is 1. The number of nitrogens with zero attached hydrogens (tertiary/aromatic N) is 3. The van der Waals surface area contributed by atoms with Crippen LogP contribution in [0.4, 0.5) is 10.6 Å². The summed E-state index contributed by atoms with van der Waals surface area (Å²) in [4.78, 5) is 18.8. The summed E-state index contributed by atoms with van der Waals surface area (Å²) in [5.74, 6) is 0.382. The van der Waals surface area contributed by atoms with Crippen molar-refractivity contribution in [2.75, 3.05) is 18.5 Å². The highest BCUT2D eigenvalue weighted by molar-refractivity contribution is 9.10. The number of hydrogen-bond acceptors (Lipinski definition) is 7. The number of ether oxygens (including phenoxy) is 1. The number of carbonyl (C=O) groups is 1. The van der Waals surface area contributed by atoms with E-state index in [1.165, 1.54) is 4.68 Å². The Hall–Kier alpha value is -2.98. The molecule has 0 radical (unpaired) electrons. The Morgan fingerprint density at radius 3 is 2.39 bits per heavy atom. The van der Waals surface area contributed by atoms with Gasteiger partial charge in [0.2, 0.25) is 11.8 Å². The molecule has 0 atom stereocenters. The number of hydrogen-bond donors (Lipinski definition) is 4. The quantitative estimate of drug-likeness (QED) is 0.340. The number of amides is 1. The molecule has 1 aliphatic rings. The van der Waals surface area contributed by atoms with Crippen molar-refractivity contribution in [2.24, 2.45) is 0 Å². The van der Waals surface area contributed by atoms with Crippen molar-refractivity contribution in [1.29, 1.82) is 0 Å². The minimum absolute atomic E-state index is 0.0578. The summed E-state index contributed by atoms with van der Waals surface area (Å²) in [6.45, 7) is 11.0. The smallest absolute Gasteiger partial charge is 0.410 e. The molecule has 1 fully saturated rings. The van der Waals surface area contributed by atoms with E-state index < -0.39 is 5.60 Å². The summed E-state index contributed by atoms with van der Waals surface area (Å²) in [5, 5.41) is 25.5. The van der Waals surface area contributed by atoms with E-state index >= 15 is 0 Å². The van der Waals surface area contributed by atoms with Gasteiger partial charge in [-0.15, -0.1) is 0 Å². The number of anilines is 1. The lowest BCUT2D eigenvalue weighted by Crippen LogP contribution is -2.46. The molecule has 194 valence electrons. The molecule has 9 nitrogen and oxygen atoms in total. The van der Waals surface area contributed by atoms with E-state index in [0.29, 0.717) is 36.6 Å². The highest BCUT2D eigenvalue weighted by Gasteiger charge is 2.27. The Labute approximate surface area is 219 Å². The van der Waals surface area contributed by atoms with Crippen molar-refractivity contribution >= 4 is 38.7 Å². The van der Waals surface area contributed by atoms with Crippen molar-refractivity contribution in [3.05, 3.63) is 45.4 Å². The zero-order valence-electron chi connectivity index (χ0n) is 21.4. The normalized spacial score (nSPS) is 14.9. The molecule has 4 N–H and O–H groups in total. The molecule has 2 aromatic heterocycles. The van der Waals surface area contributed by atoms with E-state index in [1.54, 1.807) is 18.7 Å². The van der Waals surface area contributed by atoms with Gasteiger partial charge in [0, 0.05) is 46.7 Å². The minimum Gasteiger partial charge on any atom is -0.493 e. The van der Waals surface area contributed by atoms with Crippen LogP contribution in [0.25, 0.3) is 10.9 Å². The molecule has 0 bridgehead atoms. The van der Waals surface area contributed by atoms with Gasteiger partial charge < -0.3 is 25.2 Å². The fourth-order valence-electron chi connectivity index (χ4n) is 4.32. The minimum atomic E-state index is -0.499. The number of piperidine rings is 1. The first-order valence-electron chi connectivity index (χ1n) is 12.1. The average Bonchev–Trinajstić information content (AvgIpc) is 2.99. The van der Waals surface area contributed by atoms with E-state index in [-0.39, 0.29) is 23.9 Å². The Bertz CT molecular complexity index is 1250. The Morgan fingerprint density at radius 2 is 1.78 bits per heavy atom. The first-order valence-corrected chi connectivity index (χ1v) is 12.9. The molecular formula is C26H34BrN5O4. The number of likely N-dealkylation sites (tertiary alicyclic amines) is 1. The first kappa shape index (κ1) is 26.1. The molecule has 3 heterocycles. The molecule has 3 aromatic rings. The average molecular weight is 560 g/mol. The number of aromatic hydroxyl groups is 2. The maximum Gasteiger partial charge on any atom is 0.410 e. The zero-order valence-corrected chi connectivity index (χ0v) is 22.9. The van der Waals surface area contributed by atoms with Gasteiger partial charge in [0.1, 0.15) is 11.4 Å². The van der Waals surface area contributed by atoms with Gasteiger partial charge in [0.15, 0.2) is 0 Å². The lowest BCUT2D eigenvalue weighted by atomic mass is 10.0. The third-order valence-electron chi connectivity index (χ3n) is 6.47. The predicted octanol–water partition coefficient (Wildman–Crippen LogP) is 5.19. The lowest BCUT2D eigenvalue weighted by molar-refractivity contribution is 0.0198. The zero-order chi connectivity index (χ0) is 26.2. The van der Waals surface area contributed by atoms with Crippen LogP contribution in [0.2, 0.25) is 0 Å². The summed E-state index contributed by atoms with van der Waals surface area (Å²) in [7, 11) is 0. The summed E-state index contributed by atoms with van der Waals surface area (Å²) in [6, 6.07) is 8.13. The molecule has 0 aliphatic carbocycles. The largest absolute Gasteiger partial charge is 0.493 e. The number of fused-ring (bicyclic) bond motifs is 1. The van der Waals surface area contributed by atoms with Crippen LogP contribution < -0.4 is 10.7 Å². The molecule has 4 rings (SSSR count). The molecule has 36 heavy (non-hydrogen) atoms. The van der Waals surface area contributed by atoms with Crippen LogP contribution in [0.1, 0.15) is 50.3 Å². The number of nitrogens with one attached hydrogen (secondary N) is 2. The third kappa shape index (κ3) is 5.70. The standard InChI is InChI=1S/C26H34BrN5O4/c1-15-16(2)24(34)32(23(15)33)30-22-12-17(20-7-6-18(27)13-21(20)29-22)14-28-19-8-10-31(11-9-19)25(35)36-26(3,4)5/h6-7,12-13,19,28,33-34H,8-11,14H2,1-5H3,(H,29,30). The summed E-state index contributed by atoms with van der Waals surface area (Å²) >= 11 is 3.52. The number of halogens is 1. The Balaban J connectivity index is 1.49. The van der Waals surface area contributed by atoms with Crippen LogP contribution >= 0.6 is 15.9 Å². The van der Waals surface area contributed by atoms with E-state index in [9.17, 15) is 15.0 Å². The maximum absolute atomic E-state index is 12.4. The van der Waals surface area contributed by atoms with Crippen molar-refractivity contribution in [2.45, 2.75) is 65.6 Å². The first-order chi connectivity index (χ1) is 16.9. The maximum atomic E-state index is 12.4. The fraction of sp³-hybridized carbons (Fsp3) is 0.462. The highest BCUT2D eigenvalue weighted by Crippen LogP contribution is 2.32. The summed E-state index contributed by atoms with van der Waals surface area (Å²) < 4.78 is 7.64. The van der Waals surface area contributed by atoms with Gasteiger partial charge >= 0.3 is 6.09 Å². The fourth-order valence-corrected chi connectivity index (χ4v) is 4.66. The third-order valence-corrected chi connectivity index (χ3v) is 6.96. The van der Waals surface area contributed by atoms with Gasteiger partial charge in [-0.2, -0.15) is 4.68 Å². The topological polar surface area (TPSA) is 112 Å². The monoisotopic (exact) mass is 559 g/mol. The van der Waals surface area contributed by atoms with Gasteiger partial charge in [0.25, 0.3) is 0 Å². The van der Waals surface area contributed by atoms with Crippen LogP contribution in [-0.2, 0) is 11.3 Å². The number of benzene rings is 1. The number of rotatable bonds is 5. The lowest BCUT2D eigenvalue weighted by Gasteiger charge is -2.34. The van der Waals surface area contributed by atoms with Crippen molar-refractivity contribution in [3.63, 3.8) is 0 Å². The van der Waals surface area contributed by atoms with Crippen molar-refractivity contribution < 1.29 is 19.7 Å². The predicted molar refractivity (Wildman–Crippen MR) is 143 cm³/mol. The van der Waals surface area contributed by atoms with Crippen LogP contribution in [0.3, 0.4) is 0 Å². The molecule has 0 unspecified atom stereocenters. The van der Waals surface area contributed by atoms with E-state index in [0.717, 1.165) is 33.8 Å².